The van der Waals surface area contributed by atoms with Crippen molar-refractivity contribution in [2.24, 2.45) is 5.73 Å². The first kappa shape index (κ1) is 13.7. The molecule has 0 spiro atoms. The fourth-order valence-corrected chi connectivity index (χ4v) is 1.72. The maximum atomic E-state index is 11.1. The Balaban J connectivity index is 2.07. The number of methoxy groups -OCH3 is 1. The standard InChI is InChI=1S/C14H20N2O3/c1-9(14(15)17)19-13-7-10(3-6-12(13)18-2)8-16-11-4-5-11/h3,6-7,9,11,16H,4-5,8H2,1-2H3,(H2,15,17). The van der Waals surface area contributed by atoms with Gasteiger partial charge in [-0.1, -0.05) is 6.07 Å². The third-order valence-corrected chi connectivity index (χ3v) is 3.10. The van der Waals surface area contributed by atoms with Gasteiger partial charge in [-0.25, -0.2) is 0 Å². The van der Waals surface area contributed by atoms with Crippen LogP contribution in [0.1, 0.15) is 25.3 Å². The van der Waals surface area contributed by atoms with Crippen molar-refractivity contribution in [2.75, 3.05) is 7.11 Å². The van der Waals surface area contributed by atoms with E-state index in [1.54, 1.807) is 14.0 Å². The molecule has 3 N–H and O–H groups in total. The van der Waals surface area contributed by atoms with Gasteiger partial charge in [0.15, 0.2) is 17.6 Å². The molecule has 19 heavy (non-hydrogen) atoms. The molecule has 1 aliphatic rings. The second-order valence-corrected chi connectivity index (χ2v) is 4.80. The van der Waals surface area contributed by atoms with Crippen molar-refractivity contribution in [3.8, 4) is 11.5 Å². The minimum absolute atomic E-state index is 0.497. The Kier molecular flexibility index (Phi) is 4.27. The van der Waals surface area contributed by atoms with E-state index in [2.05, 4.69) is 5.32 Å². The maximum absolute atomic E-state index is 11.1. The van der Waals surface area contributed by atoms with Crippen LogP contribution in [0.5, 0.6) is 11.5 Å². The number of ether oxygens (including phenoxy) is 2. The lowest BCUT2D eigenvalue weighted by Crippen LogP contribution is -2.30. The monoisotopic (exact) mass is 264 g/mol. The molecule has 0 heterocycles. The molecule has 1 unspecified atom stereocenters. The molecule has 5 heteroatoms. The van der Waals surface area contributed by atoms with Crippen LogP contribution >= 0.6 is 0 Å². The van der Waals surface area contributed by atoms with Crippen LogP contribution in [0.2, 0.25) is 0 Å². The molecule has 1 aromatic carbocycles. The first-order chi connectivity index (χ1) is 9.10. The zero-order valence-corrected chi connectivity index (χ0v) is 11.3. The smallest absolute Gasteiger partial charge is 0.258 e. The van der Waals surface area contributed by atoms with E-state index in [1.165, 1.54) is 12.8 Å². The number of nitrogens with two attached hydrogens (primary N) is 1. The van der Waals surface area contributed by atoms with Gasteiger partial charge in [0.1, 0.15) is 0 Å². The number of benzene rings is 1. The van der Waals surface area contributed by atoms with Gasteiger partial charge in [-0.15, -0.1) is 0 Å². The molecule has 1 atom stereocenters. The summed E-state index contributed by atoms with van der Waals surface area (Å²) in [6, 6.07) is 6.35. The normalized spacial score (nSPS) is 15.9. The topological polar surface area (TPSA) is 73.6 Å². The predicted molar refractivity (Wildman–Crippen MR) is 72.1 cm³/mol. The van der Waals surface area contributed by atoms with Crippen LogP contribution in [0.3, 0.4) is 0 Å². The van der Waals surface area contributed by atoms with Crippen molar-refractivity contribution in [1.29, 1.82) is 0 Å². The lowest BCUT2D eigenvalue weighted by atomic mass is 10.2. The van der Waals surface area contributed by atoms with Gasteiger partial charge in [-0.2, -0.15) is 0 Å². The summed E-state index contributed by atoms with van der Waals surface area (Å²) in [5.74, 6) is 0.649. The average Bonchev–Trinajstić information content (AvgIpc) is 3.20. The molecule has 1 aliphatic carbocycles. The van der Waals surface area contributed by atoms with Crippen molar-refractivity contribution >= 4 is 5.91 Å². The molecule has 0 aliphatic heterocycles. The second kappa shape index (κ2) is 5.93. The second-order valence-electron chi connectivity index (χ2n) is 4.80. The lowest BCUT2D eigenvalue weighted by Gasteiger charge is -2.15. The highest BCUT2D eigenvalue weighted by Gasteiger charge is 2.20. The first-order valence-electron chi connectivity index (χ1n) is 6.46. The molecule has 1 amide bonds. The van der Waals surface area contributed by atoms with E-state index in [4.69, 9.17) is 15.2 Å². The van der Waals surface area contributed by atoms with Gasteiger partial charge in [0.25, 0.3) is 5.91 Å². The number of amides is 1. The highest BCUT2D eigenvalue weighted by Crippen LogP contribution is 2.29. The van der Waals surface area contributed by atoms with Gasteiger partial charge in [-0.05, 0) is 37.5 Å². The van der Waals surface area contributed by atoms with E-state index in [1.807, 2.05) is 18.2 Å². The van der Waals surface area contributed by atoms with Crippen LogP contribution in [-0.2, 0) is 11.3 Å². The molecular formula is C14H20N2O3. The summed E-state index contributed by atoms with van der Waals surface area (Å²) in [5, 5.41) is 3.43. The van der Waals surface area contributed by atoms with Gasteiger partial charge < -0.3 is 20.5 Å². The van der Waals surface area contributed by atoms with Crippen LogP contribution in [0, 0.1) is 0 Å². The maximum Gasteiger partial charge on any atom is 0.258 e. The van der Waals surface area contributed by atoms with Crippen LogP contribution in [0.25, 0.3) is 0 Å². The summed E-state index contributed by atoms with van der Waals surface area (Å²) in [6.45, 7) is 2.41. The van der Waals surface area contributed by atoms with Crippen LogP contribution in [-0.4, -0.2) is 25.2 Å². The highest BCUT2D eigenvalue weighted by molar-refractivity contribution is 5.78. The van der Waals surface area contributed by atoms with Gasteiger partial charge in [0, 0.05) is 12.6 Å². The molecule has 104 valence electrons. The molecule has 0 aromatic heterocycles. The van der Waals surface area contributed by atoms with Crippen molar-refractivity contribution in [2.45, 2.75) is 38.5 Å². The number of primary amides is 1. The van der Waals surface area contributed by atoms with Gasteiger partial charge in [0.2, 0.25) is 0 Å². The Morgan fingerprint density at radius 2 is 2.21 bits per heavy atom. The van der Waals surface area contributed by atoms with Crippen LogP contribution in [0.4, 0.5) is 0 Å². The lowest BCUT2D eigenvalue weighted by molar-refractivity contribution is -0.124. The number of carbonyl (C=O) groups excluding carboxylic acids is 1. The third kappa shape index (κ3) is 3.86. The molecule has 5 nitrogen and oxygen atoms in total. The SMILES string of the molecule is COc1ccc(CNC2CC2)cc1OC(C)C(N)=O. The molecular weight excluding hydrogens is 244 g/mol. The quantitative estimate of drug-likeness (QED) is 0.776. The van der Waals surface area contributed by atoms with E-state index >= 15 is 0 Å². The zero-order chi connectivity index (χ0) is 13.8. The largest absolute Gasteiger partial charge is 0.493 e. The van der Waals surface area contributed by atoms with E-state index < -0.39 is 12.0 Å². The third-order valence-electron chi connectivity index (χ3n) is 3.10. The summed E-state index contributed by atoms with van der Waals surface area (Å²) in [4.78, 5) is 11.1. The summed E-state index contributed by atoms with van der Waals surface area (Å²) < 4.78 is 10.8. The molecule has 0 radical (unpaired) electrons. The minimum atomic E-state index is -0.680. The Morgan fingerprint density at radius 3 is 2.79 bits per heavy atom. The van der Waals surface area contributed by atoms with E-state index in [0.29, 0.717) is 17.5 Å². The summed E-state index contributed by atoms with van der Waals surface area (Å²) in [7, 11) is 1.57. The van der Waals surface area contributed by atoms with E-state index in [0.717, 1.165) is 12.1 Å². The summed E-state index contributed by atoms with van der Waals surface area (Å²) >= 11 is 0. The van der Waals surface area contributed by atoms with Crippen molar-refractivity contribution in [3.63, 3.8) is 0 Å². The van der Waals surface area contributed by atoms with E-state index in [9.17, 15) is 4.79 Å². The number of rotatable bonds is 7. The Morgan fingerprint density at radius 1 is 1.47 bits per heavy atom. The fourth-order valence-electron chi connectivity index (χ4n) is 1.72. The molecule has 1 fully saturated rings. The molecule has 1 saturated carbocycles. The van der Waals surface area contributed by atoms with Crippen molar-refractivity contribution in [1.82, 2.24) is 5.32 Å². The first-order valence-corrected chi connectivity index (χ1v) is 6.46. The molecule has 1 aromatic rings. The van der Waals surface area contributed by atoms with Gasteiger partial charge in [0.05, 0.1) is 7.11 Å². The molecule has 0 saturated heterocycles. The van der Waals surface area contributed by atoms with E-state index in [-0.39, 0.29) is 0 Å². The van der Waals surface area contributed by atoms with Gasteiger partial charge in [-0.3, -0.25) is 4.79 Å². The Labute approximate surface area is 113 Å². The average molecular weight is 264 g/mol. The molecule has 2 rings (SSSR count). The van der Waals surface area contributed by atoms with Crippen molar-refractivity contribution < 1.29 is 14.3 Å². The number of carbonyl (C=O) groups is 1. The zero-order valence-electron chi connectivity index (χ0n) is 11.3. The highest BCUT2D eigenvalue weighted by atomic mass is 16.5. The Bertz CT molecular complexity index is 458. The number of hydrogen-bond donors (Lipinski definition) is 2. The minimum Gasteiger partial charge on any atom is -0.493 e. The van der Waals surface area contributed by atoms with Crippen LogP contribution in [0.15, 0.2) is 18.2 Å². The Hall–Kier alpha value is -1.75. The summed E-state index contributed by atoms with van der Waals surface area (Å²) in [5.41, 5.74) is 6.30. The predicted octanol–water partition coefficient (Wildman–Crippen LogP) is 1.20. The fraction of sp³-hybridized carbons (Fsp3) is 0.500. The number of nitrogens with one attached hydrogen (secondary N) is 1. The number of hydrogen-bond acceptors (Lipinski definition) is 4. The van der Waals surface area contributed by atoms with Gasteiger partial charge >= 0.3 is 0 Å². The molecule has 0 bridgehead atoms. The van der Waals surface area contributed by atoms with Crippen LogP contribution < -0.4 is 20.5 Å². The van der Waals surface area contributed by atoms with Crippen molar-refractivity contribution in [3.05, 3.63) is 23.8 Å². The summed E-state index contributed by atoms with van der Waals surface area (Å²) in [6.07, 6.45) is 1.82.